The molecule has 74 valence electrons. The molecule has 0 saturated carbocycles. The van der Waals surface area contributed by atoms with Gasteiger partial charge in [-0.05, 0) is 34.1 Å². The van der Waals surface area contributed by atoms with Crippen LogP contribution in [0, 0.1) is 6.92 Å². The Bertz CT molecular complexity index is 307. The molecule has 0 aromatic carbocycles. The molecule has 0 aliphatic heterocycles. The van der Waals surface area contributed by atoms with E-state index in [0.29, 0.717) is 0 Å². The van der Waals surface area contributed by atoms with Crippen molar-refractivity contribution in [2.24, 2.45) is 0 Å². The van der Waals surface area contributed by atoms with E-state index >= 15 is 0 Å². The molecule has 3 heteroatoms. The third kappa shape index (κ3) is 1.88. The van der Waals surface area contributed by atoms with E-state index in [2.05, 4.69) is 32.8 Å². The molecule has 1 heterocycles. The van der Waals surface area contributed by atoms with E-state index in [9.17, 15) is 0 Å². The Morgan fingerprint density at radius 3 is 2.15 bits per heavy atom. The Morgan fingerprint density at radius 2 is 1.92 bits per heavy atom. The van der Waals surface area contributed by atoms with Crippen LogP contribution in [0.25, 0.3) is 0 Å². The predicted octanol–water partition coefficient (Wildman–Crippen LogP) is 3.16. The quantitative estimate of drug-likeness (QED) is 0.681. The van der Waals surface area contributed by atoms with Crippen molar-refractivity contribution < 1.29 is 0 Å². The van der Waals surface area contributed by atoms with Gasteiger partial charge in [-0.15, -0.1) is 0 Å². The molecule has 0 fully saturated rings. The monoisotopic (exact) mass is 200 g/mol. The number of nitrogens with zero attached hydrogens (tertiary/aromatic N) is 2. The van der Waals surface area contributed by atoms with Crippen LogP contribution >= 0.6 is 11.6 Å². The van der Waals surface area contributed by atoms with E-state index in [1.807, 2.05) is 11.6 Å². The Hall–Kier alpha value is -0.500. The summed E-state index contributed by atoms with van der Waals surface area (Å²) in [5.41, 5.74) is 2.17. The third-order valence-corrected chi connectivity index (χ3v) is 2.56. The highest BCUT2D eigenvalue weighted by Crippen LogP contribution is 2.25. The molecule has 13 heavy (non-hydrogen) atoms. The maximum Gasteiger partial charge on any atom is 0.130 e. The number of hydrogen-bond donors (Lipinski definition) is 0. The van der Waals surface area contributed by atoms with E-state index in [1.165, 1.54) is 0 Å². The molecular weight excluding hydrogens is 184 g/mol. The third-order valence-electron chi connectivity index (χ3n) is 2.12. The number of aromatic nitrogens is 2. The molecule has 0 aliphatic rings. The highest BCUT2D eigenvalue weighted by Gasteiger charge is 2.20. The van der Waals surface area contributed by atoms with Crippen molar-refractivity contribution in [3.05, 3.63) is 16.4 Å². The molecule has 0 saturated heterocycles. The van der Waals surface area contributed by atoms with Crippen molar-refractivity contribution in [2.45, 2.75) is 46.6 Å². The van der Waals surface area contributed by atoms with Crippen LogP contribution in [0.15, 0.2) is 0 Å². The molecule has 2 nitrogen and oxygen atoms in total. The minimum Gasteiger partial charge on any atom is -0.248 e. The van der Waals surface area contributed by atoms with Gasteiger partial charge in [0.1, 0.15) is 5.15 Å². The van der Waals surface area contributed by atoms with Crippen LogP contribution in [-0.2, 0) is 12.0 Å². The lowest BCUT2D eigenvalue weighted by molar-refractivity contribution is 0.354. The summed E-state index contributed by atoms with van der Waals surface area (Å²) in [6.45, 7) is 10.4. The molecule has 0 radical (unpaired) electrons. The topological polar surface area (TPSA) is 17.8 Å². The Kier molecular flexibility index (Phi) is 2.71. The summed E-state index contributed by atoms with van der Waals surface area (Å²) in [5.74, 6) is 0. The lowest BCUT2D eigenvalue weighted by Crippen LogP contribution is -2.23. The average molecular weight is 201 g/mol. The molecule has 1 aromatic rings. The smallest absolute Gasteiger partial charge is 0.130 e. The van der Waals surface area contributed by atoms with E-state index in [1.54, 1.807) is 0 Å². The van der Waals surface area contributed by atoms with Crippen LogP contribution in [0.4, 0.5) is 0 Å². The van der Waals surface area contributed by atoms with Crippen LogP contribution in [0.3, 0.4) is 0 Å². The standard InChI is InChI=1S/C10H17ClN2/c1-6-8-7(2)9(11)13(12-8)10(3,4)5/h6H2,1-5H3. The zero-order valence-electron chi connectivity index (χ0n) is 8.98. The van der Waals surface area contributed by atoms with E-state index < -0.39 is 0 Å². The fourth-order valence-electron chi connectivity index (χ4n) is 1.30. The van der Waals surface area contributed by atoms with Crippen LogP contribution in [0.1, 0.15) is 39.0 Å². The van der Waals surface area contributed by atoms with Crippen molar-refractivity contribution in [1.82, 2.24) is 9.78 Å². The molecule has 0 aliphatic carbocycles. The average Bonchev–Trinajstić information content (AvgIpc) is 2.28. The second-order valence-corrected chi connectivity index (χ2v) is 4.66. The minimum absolute atomic E-state index is 0.0325. The molecule has 0 atom stereocenters. The van der Waals surface area contributed by atoms with Crippen molar-refractivity contribution in [3.8, 4) is 0 Å². The molecule has 0 amide bonds. The Balaban J connectivity index is 3.25. The normalized spacial score (nSPS) is 12.2. The molecule has 0 spiro atoms. The van der Waals surface area contributed by atoms with Gasteiger partial charge < -0.3 is 0 Å². The highest BCUT2D eigenvalue weighted by atomic mass is 35.5. The van der Waals surface area contributed by atoms with Gasteiger partial charge in [-0.25, -0.2) is 4.68 Å². The zero-order chi connectivity index (χ0) is 10.2. The number of hydrogen-bond acceptors (Lipinski definition) is 1. The largest absolute Gasteiger partial charge is 0.248 e. The highest BCUT2D eigenvalue weighted by molar-refractivity contribution is 6.30. The Labute approximate surface area is 84.9 Å². The SMILES string of the molecule is CCc1nn(C(C)(C)C)c(Cl)c1C. The van der Waals surface area contributed by atoms with Crippen molar-refractivity contribution in [3.63, 3.8) is 0 Å². The minimum atomic E-state index is -0.0325. The molecular formula is C10H17ClN2. The first-order chi connectivity index (χ1) is 5.88. The second-order valence-electron chi connectivity index (χ2n) is 4.30. The number of aryl methyl sites for hydroxylation is 1. The zero-order valence-corrected chi connectivity index (χ0v) is 9.74. The fraction of sp³-hybridized carbons (Fsp3) is 0.700. The first kappa shape index (κ1) is 10.6. The molecule has 1 aromatic heterocycles. The van der Waals surface area contributed by atoms with Crippen molar-refractivity contribution in [2.75, 3.05) is 0 Å². The van der Waals surface area contributed by atoms with Gasteiger partial charge in [-0.2, -0.15) is 5.10 Å². The summed E-state index contributed by atoms with van der Waals surface area (Å²) in [6.07, 6.45) is 0.939. The predicted molar refractivity (Wildman–Crippen MR) is 56.3 cm³/mol. The van der Waals surface area contributed by atoms with Gasteiger partial charge in [0.15, 0.2) is 0 Å². The summed E-state index contributed by atoms with van der Waals surface area (Å²) in [7, 11) is 0. The van der Waals surface area contributed by atoms with Crippen molar-refractivity contribution in [1.29, 1.82) is 0 Å². The van der Waals surface area contributed by atoms with Gasteiger partial charge in [-0.1, -0.05) is 18.5 Å². The van der Waals surface area contributed by atoms with Crippen LogP contribution in [0.2, 0.25) is 5.15 Å². The molecule has 0 N–H and O–H groups in total. The van der Waals surface area contributed by atoms with Gasteiger partial charge in [-0.3, -0.25) is 0 Å². The van der Waals surface area contributed by atoms with Crippen LogP contribution < -0.4 is 0 Å². The van der Waals surface area contributed by atoms with E-state index in [0.717, 1.165) is 22.8 Å². The summed E-state index contributed by atoms with van der Waals surface area (Å²) >= 11 is 6.18. The van der Waals surface area contributed by atoms with Gasteiger partial charge in [0.2, 0.25) is 0 Å². The number of halogens is 1. The van der Waals surface area contributed by atoms with Crippen molar-refractivity contribution >= 4 is 11.6 Å². The lowest BCUT2D eigenvalue weighted by atomic mass is 10.1. The molecule has 1 rings (SSSR count). The van der Waals surface area contributed by atoms with E-state index in [4.69, 9.17) is 11.6 Å². The maximum absolute atomic E-state index is 6.18. The molecule has 0 bridgehead atoms. The summed E-state index contributed by atoms with van der Waals surface area (Å²) in [5, 5.41) is 5.25. The van der Waals surface area contributed by atoms with Gasteiger partial charge in [0.25, 0.3) is 0 Å². The first-order valence-electron chi connectivity index (χ1n) is 4.62. The summed E-state index contributed by atoms with van der Waals surface area (Å²) in [6, 6.07) is 0. The summed E-state index contributed by atoms with van der Waals surface area (Å²) in [4.78, 5) is 0. The van der Waals surface area contributed by atoms with E-state index in [-0.39, 0.29) is 5.54 Å². The number of rotatable bonds is 1. The van der Waals surface area contributed by atoms with Crippen LogP contribution in [-0.4, -0.2) is 9.78 Å². The fourth-order valence-corrected chi connectivity index (χ4v) is 1.70. The first-order valence-corrected chi connectivity index (χ1v) is 5.00. The second kappa shape index (κ2) is 3.33. The molecule has 0 unspecified atom stereocenters. The maximum atomic E-state index is 6.18. The Morgan fingerprint density at radius 1 is 1.38 bits per heavy atom. The van der Waals surface area contributed by atoms with Crippen LogP contribution in [0.5, 0.6) is 0 Å². The summed E-state index contributed by atoms with van der Waals surface area (Å²) < 4.78 is 1.89. The van der Waals surface area contributed by atoms with Gasteiger partial charge in [0, 0.05) is 5.56 Å². The van der Waals surface area contributed by atoms with Gasteiger partial charge in [0.05, 0.1) is 11.2 Å². The lowest BCUT2D eigenvalue weighted by Gasteiger charge is -2.20. The van der Waals surface area contributed by atoms with Gasteiger partial charge >= 0.3 is 0 Å².